The number of nitrogens with zero attached hydrogens (tertiary/aromatic N) is 5. The second kappa shape index (κ2) is 16.0. The largest absolute Gasteiger partial charge is 0.489 e. The van der Waals surface area contributed by atoms with E-state index in [0.29, 0.717) is 30.1 Å². The molecule has 0 unspecified atom stereocenters. The zero-order valence-electron chi connectivity index (χ0n) is 30.5. The third kappa shape index (κ3) is 8.83. The normalized spacial score (nSPS) is 15.5. The smallest absolute Gasteiger partial charge is 0.328 e. The topological polar surface area (TPSA) is 149 Å². The van der Waals surface area contributed by atoms with Crippen LogP contribution in [0.25, 0.3) is 0 Å². The van der Waals surface area contributed by atoms with Crippen LogP contribution >= 0.6 is 11.6 Å². The monoisotopic (exact) mass is 760 g/mol. The number of para-hydroxylation sites is 1. The number of amides is 3. The molecule has 3 heterocycles. The number of anilines is 6. The first-order valence-electron chi connectivity index (χ1n) is 17.7. The number of carbonyl (C=O) groups excluding carboxylic acids is 2. The van der Waals surface area contributed by atoms with Gasteiger partial charge in [0.2, 0.25) is 11.9 Å². The predicted molar refractivity (Wildman–Crippen MR) is 209 cm³/mol. The number of ether oxygens (including phenoxy) is 1. The lowest BCUT2D eigenvalue weighted by Crippen LogP contribution is -2.49. The molecule has 3 N–H and O–H groups in total. The summed E-state index contributed by atoms with van der Waals surface area (Å²) < 4.78 is 32.4. The molecule has 2 saturated heterocycles. The molecule has 0 aliphatic carbocycles. The number of piperazine rings is 1. The van der Waals surface area contributed by atoms with Crippen LogP contribution in [0.1, 0.15) is 45.2 Å². The summed E-state index contributed by atoms with van der Waals surface area (Å²) in [4.78, 5) is 39.3. The number of hydrogen-bond acceptors (Lipinski definition) is 11. The fourth-order valence-electron chi connectivity index (χ4n) is 6.30. The van der Waals surface area contributed by atoms with E-state index in [2.05, 4.69) is 48.7 Å². The fourth-order valence-corrected chi connectivity index (χ4v) is 7.64. The number of aromatic nitrogens is 2. The summed E-state index contributed by atoms with van der Waals surface area (Å²) in [5.74, 6) is 0.928. The number of hydrogen-bond donors (Lipinski definition) is 3. The Morgan fingerprint density at radius 1 is 0.925 bits per heavy atom. The Kier molecular flexibility index (Phi) is 11.4. The van der Waals surface area contributed by atoms with Crippen LogP contribution < -0.4 is 30.5 Å². The van der Waals surface area contributed by atoms with Crippen LogP contribution in [0.4, 0.5) is 39.3 Å². The predicted octanol–water partition coefficient (Wildman–Crippen LogP) is 6.66. The maximum Gasteiger partial charge on any atom is 0.328 e. The van der Waals surface area contributed by atoms with Gasteiger partial charge in [0.25, 0.3) is 0 Å². The van der Waals surface area contributed by atoms with Crippen LogP contribution in [-0.2, 0) is 21.2 Å². The number of imide groups is 1. The molecule has 3 amide bonds. The van der Waals surface area contributed by atoms with E-state index in [1.807, 2.05) is 44.2 Å². The second-order valence-electron chi connectivity index (χ2n) is 13.7. The van der Waals surface area contributed by atoms with Crippen LogP contribution in [0, 0.1) is 6.92 Å². The highest BCUT2D eigenvalue weighted by molar-refractivity contribution is 7.92. The molecule has 0 bridgehead atoms. The first kappa shape index (κ1) is 37.8. The minimum atomic E-state index is -3.57. The average molecular weight is 761 g/mol. The van der Waals surface area contributed by atoms with Crippen molar-refractivity contribution in [2.45, 2.75) is 63.8 Å². The summed E-state index contributed by atoms with van der Waals surface area (Å²) in [7, 11) is -3.57. The molecule has 0 saturated carbocycles. The Bertz CT molecular complexity index is 2090. The summed E-state index contributed by atoms with van der Waals surface area (Å²) in [6, 6.07) is 18.3. The van der Waals surface area contributed by atoms with Crippen molar-refractivity contribution < 1.29 is 22.7 Å². The molecule has 280 valence electrons. The van der Waals surface area contributed by atoms with E-state index < -0.39 is 15.1 Å². The summed E-state index contributed by atoms with van der Waals surface area (Å²) in [5, 5.41) is 8.41. The molecule has 2 aliphatic heterocycles. The third-order valence-electron chi connectivity index (χ3n) is 9.14. The number of sulfone groups is 1. The van der Waals surface area contributed by atoms with Crippen molar-refractivity contribution in [1.29, 1.82) is 0 Å². The van der Waals surface area contributed by atoms with Gasteiger partial charge in [0.1, 0.15) is 10.8 Å². The van der Waals surface area contributed by atoms with E-state index in [1.54, 1.807) is 43.0 Å². The number of nitrogens with one attached hydrogen (secondary N) is 3. The lowest BCUT2D eigenvalue weighted by atomic mass is 10.1. The molecule has 2 aliphatic rings. The van der Waals surface area contributed by atoms with Crippen molar-refractivity contribution in [3.63, 3.8) is 0 Å². The molecule has 6 rings (SSSR count). The van der Waals surface area contributed by atoms with Crippen molar-refractivity contribution in [3.05, 3.63) is 83.0 Å². The van der Waals surface area contributed by atoms with Crippen LogP contribution in [0.3, 0.4) is 0 Å². The minimum absolute atomic E-state index is 0.0936. The molecule has 2 fully saturated rings. The van der Waals surface area contributed by atoms with Gasteiger partial charge < -0.3 is 20.3 Å². The Morgan fingerprint density at radius 3 is 2.32 bits per heavy atom. The number of benzene rings is 3. The van der Waals surface area contributed by atoms with Gasteiger partial charge in [0.15, 0.2) is 15.7 Å². The molecule has 0 atom stereocenters. The summed E-state index contributed by atoms with van der Waals surface area (Å²) in [6.45, 7) is 13.9. The van der Waals surface area contributed by atoms with Crippen LogP contribution in [0.15, 0.2) is 71.8 Å². The van der Waals surface area contributed by atoms with Gasteiger partial charge in [-0.05, 0) is 76.1 Å². The van der Waals surface area contributed by atoms with Gasteiger partial charge in [-0.1, -0.05) is 35.9 Å². The van der Waals surface area contributed by atoms with Gasteiger partial charge in [-0.15, -0.1) is 0 Å². The molecule has 53 heavy (non-hydrogen) atoms. The van der Waals surface area contributed by atoms with Crippen LogP contribution in [-0.4, -0.2) is 79.3 Å². The van der Waals surface area contributed by atoms with Gasteiger partial charge in [0, 0.05) is 63.1 Å². The minimum Gasteiger partial charge on any atom is -0.489 e. The quantitative estimate of drug-likeness (QED) is 0.142. The van der Waals surface area contributed by atoms with E-state index in [4.69, 9.17) is 16.3 Å². The van der Waals surface area contributed by atoms with Crippen molar-refractivity contribution in [1.82, 2.24) is 20.2 Å². The lowest BCUT2D eigenvalue weighted by molar-refractivity contribution is -0.120. The first-order valence-corrected chi connectivity index (χ1v) is 19.6. The maximum absolute atomic E-state index is 13.0. The number of rotatable bonds is 12. The van der Waals surface area contributed by atoms with E-state index in [1.165, 1.54) is 6.20 Å². The number of aryl methyl sites for hydroxylation is 1. The second-order valence-corrected chi connectivity index (χ2v) is 16.6. The molecule has 4 aromatic rings. The number of urea groups is 1. The van der Waals surface area contributed by atoms with Gasteiger partial charge in [-0.3, -0.25) is 19.9 Å². The number of halogens is 1. The lowest BCUT2D eigenvalue weighted by Gasteiger charge is -2.37. The highest BCUT2D eigenvalue weighted by Gasteiger charge is 2.26. The first-order chi connectivity index (χ1) is 25.3. The molecule has 13 nitrogen and oxygen atoms in total. The SMILES string of the molecule is Cc1cc(Nc2ncc(Cl)c(Nc3ccccc3S(=O)(=O)C(C)C)n2)c(OC(C)C)cc1N1CCN(Cc2ccc(N3CCC(=O)NC3=O)cc2)CC1. The summed E-state index contributed by atoms with van der Waals surface area (Å²) in [5.41, 5.74) is 5.12. The van der Waals surface area contributed by atoms with Crippen molar-refractivity contribution in [2.24, 2.45) is 0 Å². The van der Waals surface area contributed by atoms with Gasteiger partial charge >= 0.3 is 6.03 Å². The molecule has 0 spiro atoms. The molecule has 1 aromatic heterocycles. The molecular formula is C38H45ClN8O5S. The standard InChI is InChI=1S/C38H45ClN8O5S/c1-24(2)52-33-21-32(46-18-16-45(17-19-46)23-27-10-12-28(13-11-27)47-15-14-35(48)43-38(47)49)26(5)20-31(33)42-37-40-22-29(39)36(44-37)41-30-8-6-7-9-34(30)53(50,51)25(3)4/h6-13,20-22,24-25H,14-19,23H2,1-5H3,(H,43,48,49)(H2,40,41,42,44). The number of carbonyl (C=O) groups is 2. The van der Waals surface area contributed by atoms with Gasteiger partial charge in [-0.2, -0.15) is 4.98 Å². The highest BCUT2D eigenvalue weighted by atomic mass is 35.5. The van der Waals surface area contributed by atoms with Crippen molar-refractivity contribution in [3.8, 4) is 5.75 Å². The van der Waals surface area contributed by atoms with Gasteiger partial charge in [0.05, 0.1) is 33.8 Å². The highest BCUT2D eigenvalue weighted by Crippen LogP contribution is 2.37. The molecule has 3 aromatic carbocycles. The zero-order valence-corrected chi connectivity index (χ0v) is 32.1. The Labute approximate surface area is 315 Å². The molecule has 0 radical (unpaired) electrons. The van der Waals surface area contributed by atoms with E-state index in [-0.39, 0.29) is 39.7 Å². The van der Waals surface area contributed by atoms with E-state index in [9.17, 15) is 18.0 Å². The van der Waals surface area contributed by atoms with Gasteiger partial charge in [-0.25, -0.2) is 18.2 Å². The fraction of sp³-hybridized carbons (Fsp3) is 0.368. The van der Waals surface area contributed by atoms with E-state index in [0.717, 1.165) is 55.2 Å². The molecular weight excluding hydrogens is 716 g/mol. The Morgan fingerprint density at radius 2 is 1.64 bits per heavy atom. The summed E-state index contributed by atoms with van der Waals surface area (Å²) in [6.07, 6.45) is 1.67. The summed E-state index contributed by atoms with van der Waals surface area (Å²) >= 11 is 6.49. The van der Waals surface area contributed by atoms with E-state index >= 15 is 0 Å². The Hall–Kier alpha value is -4.92. The average Bonchev–Trinajstić information content (AvgIpc) is 3.11. The Balaban J connectivity index is 1.14. The maximum atomic E-state index is 13.0. The molecule has 15 heteroatoms. The van der Waals surface area contributed by atoms with Crippen LogP contribution in [0.5, 0.6) is 5.75 Å². The van der Waals surface area contributed by atoms with Crippen LogP contribution in [0.2, 0.25) is 5.02 Å². The van der Waals surface area contributed by atoms with Crippen molar-refractivity contribution >= 4 is 67.9 Å². The third-order valence-corrected chi connectivity index (χ3v) is 11.6. The van der Waals surface area contributed by atoms with Crippen molar-refractivity contribution in [2.75, 3.05) is 53.2 Å². The zero-order chi connectivity index (χ0) is 37.9.